The molecule has 2 bridgehead atoms. The summed E-state index contributed by atoms with van der Waals surface area (Å²) in [5.41, 5.74) is -2.02. The van der Waals surface area contributed by atoms with Crippen LogP contribution in [0.3, 0.4) is 0 Å². The summed E-state index contributed by atoms with van der Waals surface area (Å²) in [7, 11) is 0. The lowest BCUT2D eigenvalue weighted by Crippen LogP contribution is -2.79. The van der Waals surface area contributed by atoms with E-state index in [-0.39, 0.29) is 31.7 Å². The van der Waals surface area contributed by atoms with Gasteiger partial charge >= 0.3 is 18.4 Å². The molecule has 3 fully saturated rings. The molecule has 4 rings (SSSR count). The fourth-order valence-electron chi connectivity index (χ4n) is 3.48. The molecule has 1 aromatic rings. The number of halogens is 6. The fourth-order valence-corrected chi connectivity index (χ4v) is 3.48. The monoisotopic (exact) mass is 383 g/mol. The first-order chi connectivity index (χ1) is 11.9. The van der Waals surface area contributed by atoms with Crippen LogP contribution in [0.15, 0.2) is 18.3 Å². The zero-order chi connectivity index (χ0) is 19.2. The van der Waals surface area contributed by atoms with E-state index < -0.39 is 35.9 Å². The van der Waals surface area contributed by atoms with E-state index in [2.05, 4.69) is 20.4 Å². The van der Waals surface area contributed by atoms with Gasteiger partial charge in [-0.25, -0.2) is 9.78 Å². The van der Waals surface area contributed by atoms with Crippen LogP contribution >= 0.6 is 0 Å². The van der Waals surface area contributed by atoms with E-state index in [0.717, 1.165) is 0 Å². The lowest BCUT2D eigenvalue weighted by atomic mass is 9.39. The molecule has 26 heavy (non-hydrogen) atoms. The molecule has 3 saturated carbocycles. The number of hydrogen-bond acceptors (Lipinski definition) is 3. The van der Waals surface area contributed by atoms with Crippen LogP contribution in [0.25, 0.3) is 0 Å². The van der Waals surface area contributed by atoms with Gasteiger partial charge in [-0.3, -0.25) is 0 Å². The van der Waals surface area contributed by atoms with Crippen molar-refractivity contribution < 1.29 is 35.9 Å². The van der Waals surface area contributed by atoms with Gasteiger partial charge in [0.2, 0.25) is 5.88 Å². The summed E-state index contributed by atoms with van der Waals surface area (Å²) < 4.78 is 79.1. The van der Waals surface area contributed by atoms with Gasteiger partial charge in [-0.1, -0.05) is 0 Å². The maximum atomic E-state index is 12.8. The summed E-state index contributed by atoms with van der Waals surface area (Å²) in [5, 5.41) is 5.00. The SMILES string of the molecule is O=C(NCc1ccnc(OCC(F)(F)F)c1)NC12CC(C(F)(F)F)(C1)C2. The molecular weight excluding hydrogens is 368 g/mol. The van der Waals surface area contributed by atoms with Crippen molar-refractivity contribution >= 4 is 6.03 Å². The number of aromatic nitrogens is 1. The van der Waals surface area contributed by atoms with Crippen molar-refractivity contribution in [2.75, 3.05) is 6.61 Å². The van der Waals surface area contributed by atoms with E-state index >= 15 is 0 Å². The minimum atomic E-state index is -4.49. The largest absolute Gasteiger partial charge is 0.468 e. The number of nitrogens with zero attached hydrogens (tertiary/aromatic N) is 1. The first-order valence-electron chi connectivity index (χ1n) is 7.69. The Balaban J connectivity index is 1.45. The Morgan fingerprint density at radius 2 is 1.85 bits per heavy atom. The lowest BCUT2D eigenvalue weighted by Gasteiger charge is -2.70. The summed E-state index contributed by atoms with van der Waals surface area (Å²) in [4.78, 5) is 15.5. The van der Waals surface area contributed by atoms with E-state index in [1.54, 1.807) is 0 Å². The third-order valence-corrected chi connectivity index (χ3v) is 4.65. The van der Waals surface area contributed by atoms with Crippen LogP contribution < -0.4 is 15.4 Å². The van der Waals surface area contributed by atoms with E-state index in [1.807, 2.05) is 0 Å². The minimum absolute atomic E-state index is 0.0305. The van der Waals surface area contributed by atoms with Crippen molar-refractivity contribution in [1.29, 1.82) is 0 Å². The van der Waals surface area contributed by atoms with E-state index in [0.29, 0.717) is 5.56 Å². The molecule has 144 valence electrons. The summed E-state index contributed by atoms with van der Waals surface area (Å²) in [6.45, 7) is -1.52. The number of hydrogen-bond donors (Lipinski definition) is 2. The van der Waals surface area contributed by atoms with E-state index in [9.17, 15) is 31.1 Å². The van der Waals surface area contributed by atoms with Gasteiger partial charge in [-0.05, 0) is 30.9 Å². The van der Waals surface area contributed by atoms with Crippen LogP contribution in [0, 0.1) is 5.41 Å². The van der Waals surface area contributed by atoms with Crippen molar-refractivity contribution in [2.24, 2.45) is 5.41 Å². The van der Waals surface area contributed by atoms with Crippen molar-refractivity contribution in [1.82, 2.24) is 15.6 Å². The Morgan fingerprint density at radius 3 is 2.42 bits per heavy atom. The molecule has 3 aliphatic carbocycles. The number of nitrogens with one attached hydrogen (secondary N) is 2. The average molecular weight is 383 g/mol. The van der Waals surface area contributed by atoms with Gasteiger partial charge in [0.15, 0.2) is 6.61 Å². The molecular formula is C15H15F6N3O2. The summed E-state index contributed by atoms with van der Waals surface area (Å²) in [6, 6.07) is 2.08. The fraction of sp³-hybridized carbons (Fsp3) is 0.600. The summed E-state index contributed by atoms with van der Waals surface area (Å²) in [5.74, 6) is -0.242. The second-order valence-electron chi connectivity index (χ2n) is 6.80. The number of urea groups is 1. The Bertz CT molecular complexity index is 684. The number of pyridine rings is 1. The minimum Gasteiger partial charge on any atom is -0.468 e. The quantitative estimate of drug-likeness (QED) is 0.767. The number of rotatable bonds is 5. The molecule has 0 atom stereocenters. The molecule has 0 saturated heterocycles. The van der Waals surface area contributed by atoms with Gasteiger partial charge in [0.05, 0.1) is 5.41 Å². The predicted molar refractivity (Wildman–Crippen MR) is 76.2 cm³/mol. The average Bonchev–Trinajstić information content (AvgIpc) is 2.43. The molecule has 1 heterocycles. The zero-order valence-corrected chi connectivity index (χ0v) is 13.3. The second kappa shape index (κ2) is 5.92. The number of amides is 2. The van der Waals surface area contributed by atoms with Gasteiger partial charge in [0.1, 0.15) is 0 Å². The molecule has 0 radical (unpaired) electrons. The van der Waals surface area contributed by atoms with Crippen molar-refractivity contribution in [2.45, 2.75) is 43.7 Å². The number of carbonyl (C=O) groups is 1. The van der Waals surface area contributed by atoms with Crippen molar-refractivity contribution in [3.63, 3.8) is 0 Å². The van der Waals surface area contributed by atoms with Crippen LogP contribution in [0.5, 0.6) is 5.88 Å². The molecule has 0 spiro atoms. The molecule has 0 aliphatic heterocycles. The van der Waals surface area contributed by atoms with Crippen LogP contribution in [-0.4, -0.2) is 35.5 Å². The number of carbonyl (C=O) groups excluding carboxylic acids is 1. The highest BCUT2D eigenvalue weighted by atomic mass is 19.4. The summed E-state index contributed by atoms with van der Waals surface area (Å²) >= 11 is 0. The van der Waals surface area contributed by atoms with Gasteiger partial charge in [0.25, 0.3) is 0 Å². The molecule has 2 amide bonds. The third kappa shape index (κ3) is 3.65. The molecule has 5 nitrogen and oxygen atoms in total. The zero-order valence-electron chi connectivity index (χ0n) is 13.3. The van der Waals surface area contributed by atoms with Crippen LogP contribution in [0.1, 0.15) is 24.8 Å². The highest BCUT2D eigenvalue weighted by Gasteiger charge is 2.79. The highest BCUT2D eigenvalue weighted by molar-refractivity contribution is 5.75. The highest BCUT2D eigenvalue weighted by Crippen LogP contribution is 2.73. The van der Waals surface area contributed by atoms with Crippen molar-refractivity contribution in [3.8, 4) is 5.88 Å². The molecule has 3 aliphatic rings. The topological polar surface area (TPSA) is 63.2 Å². The first-order valence-corrected chi connectivity index (χ1v) is 7.69. The predicted octanol–water partition coefficient (Wildman–Crippen LogP) is 3.31. The second-order valence-corrected chi connectivity index (χ2v) is 6.80. The molecule has 0 aromatic carbocycles. The Morgan fingerprint density at radius 1 is 1.19 bits per heavy atom. The summed E-state index contributed by atoms with van der Waals surface area (Å²) in [6.07, 6.45) is -7.89. The van der Waals surface area contributed by atoms with Crippen LogP contribution in [0.4, 0.5) is 31.1 Å². The Hall–Kier alpha value is -2.20. The van der Waals surface area contributed by atoms with Crippen LogP contribution in [-0.2, 0) is 6.54 Å². The number of alkyl halides is 6. The van der Waals surface area contributed by atoms with Gasteiger partial charge in [0, 0.05) is 24.3 Å². The normalized spacial score (nSPS) is 27.2. The van der Waals surface area contributed by atoms with Crippen molar-refractivity contribution in [3.05, 3.63) is 23.9 Å². The molecule has 1 aromatic heterocycles. The van der Waals surface area contributed by atoms with Gasteiger partial charge in [-0.2, -0.15) is 26.3 Å². The number of ether oxygens (including phenoxy) is 1. The molecule has 0 unspecified atom stereocenters. The first kappa shape index (κ1) is 18.6. The maximum absolute atomic E-state index is 12.8. The molecule has 11 heteroatoms. The third-order valence-electron chi connectivity index (χ3n) is 4.65. The van der Waals surface area contributed by atoms with E-state index in [1.165, 1.54) is 18.3 Å². The van der Waals surface area contributed by atoms with E-state index in [4.69, 9.17) is 0 Å². The van der Waals surface area contributed by atoms with Crippen LogP contribution in [0.2, 0.25) is 0 Å². The molecule has 2 N–H and O–H groups in total. The Kier molecular flexibility index (Phi) is 4.23. The standard InChI is InChI=1S/C15H15F6N3O2/c16-14(17,18)8-26-10-3-9(1-2-22-10)4-23-11(25)24-13-5-12(6-13,7-13)15(19,20)21/h1-3H,4-8H2,(H2,23,24,25). The lowest BCUT2D eigenvalue weighted by molar-refractivity contribution is -0.336. The smallest absolute Gasteiger partial charge is 0.422 e. The van der Waals surface area contributed by atoms with Gasteiger partial charge in [-0.15, -0.1) is 0 Å². The maximum Gasteiger partial charge on any atom is 0.422 e. The Labute approximate surface area is 144 Å². The van der Waals surface area contributed by atoms with Gasteiger partial charge < -0.3 is 15.4 Å².